The summed E-state index contributed by atoms with van der Waals surface area (Å²) in [4.78, 5) is 12.6. The molecule has 7 heteroatoms. The van der Waals surface area contributed by atoms with Crippen LogP contribution in [0.2, 0.25) is 5.02 Å². The molecular formula is C19H21ClN2O3S. The topological polar surface area (TPSA) is 66.5 Å². The van der Waals surface area contributed by atoms with E-state index in [4.69, 9.17) is 11.6 Å². The van der Waals surface area contributed by atoms with E-state index in [1.165, 1.54) is 22.5 Å². The predicted molar refractivity (Wildman–Crippen MR) is 102 cm³/mol. The average molecular weight is 393 g/mol. The lowest BCUT2D eigenvalue weighted by atomic mass is 10.1. The minimum atomic E-state index is -3.58. The molecule has 0 saturated carbocycles. The van der Waals surface area contributed by atoms with Gasteiger partial charge in [-0.2, -0.15) is 4.31 Å². The van der Waals surface area contributed by atoms with E-state index in [2.05, 4.69) is 5.32 Å². The van der Waals surface area contributed by atoms with Gasteiger partial charge in [-0.15, -0.1) is 0 Å². The van der Waals surface area contributed by atoms with Gasteiger partial charge in [-0.3, -0.25) is 4.79 Å². The van der Waals surface area contributed by atoms with Gasteiger partial charge in [-0.05, 0) is 43.0 Å². The van der Waals surface area contributed by atoms with Crippen molar-refractivity contribution in [2.45, 2.75) is 24.2 Å². The first-order chi connectivity index (χ1) is 12.5. The molecule has 3 rings (SSSR count). The number of nitrogens with one attached hydrogen (secondary N) is 1. The summed E-state index contributed by atoms with van der Waals surface area (Å²) in [5.74, 6) is -0.371. The second-order valence-corrected chi connectivity index (χ2v) is 8.59. The number of carbonyl (C=O) groups excluding carboxylic acids is 1. The number of hydrogen-bond donors (Lipinski definition) is 1. The maximum absolute atomic E-state index is 12.7. The first kappa shape index (κ1) is 18.9. The van der Waals surface area contributed by atoms with Gasteiger partial charge in [0.25, 0.3) is 5.91 Å². The average Bonchev–Trinajstić information content (AvgIpc) is 3.18. The van der Waals surface area contributed by atoms with Crippen LogP contribution in [-0.4, -0.2) is 38.3 Å². The molecule has 1 aliphatic rings. The summed E-state index contributed by atoms with van der Waals surface area (Å²) in [6, 6.07) is 14.1. The normalized spacial score (nSPS) is 15.1. The van der Waals surface area contributed by atoms with Crippen molar-refractivity contribution in [3.63, 3.8) is 0 Å². The molecule has 0 atom stereocenters. The Morgan fingerprint density at radius 2 is 1.77 bits per heavy atom. The van der Waals surface area contributed by atoms with Crippen LogP contribution in [-0.2, 0) is 16.4 Å². The SMILES string of the molecule is O=C(NCCc1ccccc1)c1cc(S(=O)(=O)N2CCCC2)ccc1Cl. The zero-order valence-corrected chi connectivity index (χ0v) is 15.9. The summed E-state index contributed by atoms with van der Waals surface area (Å²) in [5, 5.41) is 3.04. The van der Waals surface area contributed by atoms with E-state index < -0.39 is 10.0 Å². The van der Waals surface area contributed by atoms with Crippen molar-refractivity contribution >= 4 is 27.5 Å². The molecule has 1 aliphatic heterocycles. The highest BCUT2D eigenvalue weighted by molar-refractivity contribution is 7.89. The molecule has 0 radical (unpaired) electrons. The molecule has 1 amide bonds. The summed E-state index contributed by atoms with van der Waals surface area (Å²) in [7, 11) is -3.58. The fourth-order valence-corrected chi connectivity index (χ4v) is 4.72. The monoisotopic (exact) mass is 392 g/mol. The first-order valence-electron chi connectivity index (χ1n) is 8.60. The van der Waals surface area contributed by atoms with E-state index in [-0.39, 0.29) is 21.4 Å². The van der Waals surface area contributed by atoms with E-state index in [1.54, 1.807) is 0 Å². The Kier molecular flexibility index (Phi) is 5.96. The quantitative estimate of drug-likeness (QED) is 0.821. The van der Waals surface area contributed by atoms with Crippen molar-refractivity contribution in [3.05, 3.63) is 64.7 Å². The third-order valence-corrected chi connectivity index (χ3v) is 6.65. The van der Waals surface area contributed by atoms with Crippen LogP contribution in [0.25, 0.3) is 0 Å². The highest BCUT2D eigenvalue weighted by Crippen LogP contribution is 2.25. The van der Waals surface area contributed by atoms with Crippen molar-refractivity contribution < 1.29 is 13.2 Å². The third-order valence-electron chi connectivity index (χ3n) is 4.43. The van der Waals surface area contributed by atoms with Crippen molar-refractivity contribution in [1.29, 1.82) is 0 Å². The van der Waals surface area contributed by atoms with Crippen molar-refractivity contribution in [3.8, 4) is 0 Å². The largest absolute Gasteiger partial charge is 0.352 e. The zero-order chi connectivity index (χ0) is 18.6. The first-order valence-corrected chi connectivity index (χ1v) is 10.4. The number of halogens is 1. The third kappa shape index (κ3) is 4.26. The molecule has 1 heterocycles. The summed E-state index contributed by atoms with van der Waals surface area (Å²) >= 11 is 6.13. The molecular weight excluding hydrogens is 372 g/mol. The van der Waals surface area contributed by atoms with Crippen LogP contribution in [0.3, 0.4) is 0 Å². The van der Waals surface area contributed by atoms with Crippen LogP contribution in [0.4, 0.5) is 0 Å². The summed E-state index contributed by atoms with van der Waals surface area (Å²) in [5.41, 5.74) is 1.30. The fraction of sp³-hybridized carbons (Fsp3) is 0.316. The number of amides is 1. The van der Waals surface area contributed by atoms with Crippen LogP contribution >= 0.6 is 11.6 Å². The number of sulfonamides is 1. The molecule has 1 N–H and O–H groups in total. The standard InChI is InChI=1S/C19H21ClN2O3S/c20-18-9-8-16(26(24,25)22-12-4-5-13-22)14-17(18)19(23)21-11-10-15-6-2-1-3-7-15/h1-3,6-9,14H,4-5,10-13H2,(H,21,23). The fourth-order valence-electron chi connectivity index (χ4n) is 2.98. The Bertz CT molecular complexity index is 879. The van der Waals surface area contributed by atoms with Crippen LogP contribution in [0.15, 0.2) is 53.4 Å². The Balaban J connectivity index is 1.71. The van der Waals surface area contributed by atoms with Crippen LogP contribution in [0.5, 0.6) is 0 Å². The van der Waals surface area contributed by atoms with E-state index in [0.717, 1.165) is 18.4 Å². The Morgan fingerprint density at radius 3 is 2.46 bits per heavy atom. The highest BCUT2D eigenvalue weighted by atomic mass is 35.5. The van der Waals surface area contributed by atoms with Crippen molar-refractivity contribution in [2.75, 3.05) is 19.6 Å². The van der Waals surface area contributed by atoms with Gasteiger partial charge in [0.15, 0.2) is 0 Å². The predicted octanol–water partition coefficient (Wildman–Crippen LogP) is 3.10. The molecule has 138 valence electrons. The van der Waals surface area contributed by atoms with E-state index in [9.17, 15) is 13.2 Å². The molecule has 0 aromatic heterocycles. The Morgan fingerprint density at radius 1 is 1.08 bits per heavy atom. The molecule has 0 spiro atoms. The smallest absolute Gasteiger partial charge is 0.252 e. The second-order valence-electron chi connectivity index (χ2n) is 6.24. The molecule has 0 bridgehead atoms. The maximum atomic E-state index is 12.7. The molecule has 26 heavy (non-hydrogen) atoms. The summed E-state index contributed by atoms with van der Waals surface area (Å²) in [6.07, 6.45) is 2.41. The summed E-state index contributed by atoms with van der Waals surface area (Å²) in [6.45, 7) is 1.48. The van der Waals surface area contributed by atoms with Gasteiger partial charge in [0, 0.05) is 19.6 Å². The Hall–Kier alpha value is -1.89. The van der Waals surface area contributed by atoms with Gasteiger partial charge in [0.2, 0.25) is 10.0 Å². The molecule has 2 aromatic rings. The van der Waals surface area contributed by atoms with Gasteiger partial charge in [0.1, 0.15) is 0 Å². The minimum absolute atomic E-state index is 0.108. The minimum Gasteiger partial charge on any atom is -0.352 e. The molecule has 0 aliphatic carbocycles. The lowest BCUT2D eigenvalue weighted by Crippen LogP contribution is -2.29. The molecule has 2 aromatic carbocycles. The summed E-state index contributed by atoms with van der Waals surface area (Å²) < 4.78 is 26.8. The number of nitrogens with zero attached hydrogens (tertiary/aromatic N) is 1. The van der Waals surface area contributed by atoms with Crippen LogP contribution in [0, 0.1) is 0 Å². The lowest BCUT2D eigenvalue weighted by Gasteiger charge is -2.16. The van der Waals surface area contributed by atoms with Crippen molar-refractivity contribution in [2.24, 2.45) is 0 Å². The lowest BCUT2D eigenvalue weighted by molar-refractivity contribution is 0.0954. The van der Waals surface area contributed by atoms with Crippen LogP contribution < -0.4 is 5.32 Å². The van der Waals surface area contributed by atoms with Crippen LogP contribution in [0.1, 0.15) is 28.8 Å². The number of benzene rings is 2. The highest BCUT2D eigenvalue weighted by Gasteiger charge is 2.28. The van der Waals surface area contributed by atoms with Gasteiger partial charge in [-0.25, -0.2) is 8.42 Å². The molecule has 1 saturated heterocycles. The van der Waals surface area contributed by atoms with E-state index in [0.29, 0.717) is 26.1 Å². The zero-order valence-electron chi connectivity index (χ0n) is 14.3. The molecule has 0 unspecified atom stereocenters. The number of hydrogen-bond acceptors (Lipinski definition) is 3. The van der Waals surface area contributed by atoms with Crippen molar-refractivity contribution in [1.82, 2.24) is 9.62 Å². The molecule has 1 fully saturated rings. The van der Waals surface area contributed by atoms with Gasteiger partial charge >= 0.3 is 0 Å². The van der Waals surface area contributed by atoms with Gasteiger partial charge in [0.05, 0.1) is 15.5 Å². The van der Waals surface area contributed by atoms with Gasteiger partial charge < -0.3 is 5.32 Å². The number of rotatable bonds is 6. The van der Waals surface area contributed by atoms with E-state index >= 15 is 0 Å². The second kappa shape index (κ2) is 8.20. The van der Waals surface area contributed by atoms with E-state index in [1.807, 2.05) is 30.3 Å². The number of carbonyl (C=O) groups is 1. The molecule has 5 nitrogen and oxygen atoms in total. The maximum Gasteiger partial charge on any atom is 0.252 e. The van der Waals surface area contributed by atoms with Gasteiger partial charge in [-0.1, -0.05) is 41.9 Å². The Labute approximate surface area is 159 Å².